The molecule has 0 fully saturated rings. The molecule has 0 aliphatic rings. The van der Waals surface area contributed by atoms with Crippen LogP contribution in [0, 0.1) is 0 Å². The van der Waals surface area contributed by atoms with Gasteiger partial charge in [0.2, 0.25) is 0 Å². The van der Waals surface area contributed by atoms with E-state index in [1.807, 2.05) is 0 Å². The third kappa shape index (κ3) is 2.62. The zero-order valence-corrected chi connectivity index (χ0v) is 11.3. The van der Waals surface area contributed by atoms with Crippen LogP contribution in [0.2, 0.25) is 0 Å². The molecular weight excluding hydrogens is 258 g/mol. The van der Waals surface area contributed by atoms with Crippen molar-refractivity contribution in [3.63, 3.8) is 0 Å². The Labute approximate surface area is 106 Å². The zero-order chi connectivity index (χ0) is 14.0. The maximum atomic E-state index is 12.1. The van der Waals surface area contributed by atoms with Crippen molar-refractivity contribution in [1.82, 2.24) is 14.5 Å². The van der Waals surface area contributed by atoms with Crippen molar-refractivity contribution in [3.05, 3.63) is 12.3 Å². The molecule has 0 aromatic carbocycles. The van der Waals surface area contributed by atoms with E-state index in [9.17, 15) is 8.42 Å². The highest BCUT2D eigenvalue weighted by molar-refractivity contribution is 7.89. The molecule has 0 radical (unpaired) electrons. The number of hydrogen-bond acceptors (Lipinski definition) is 5. The van der Waals surface area contributed by atoms with Crippen LogP contribution >= 0.6 is 0 Å². The standard InChI is InChI=1S/C9H17N5O3S/c1-4-9(2,8(10)12-15)13-18(16,17)7-5-6-11-14(7)3/h5-6,13,15H,4H2,1-3H3,(H2,10,12). The normalized spacial score (nSPS) is 16.5. The predicted octanol–water partition coefficient (Wildman–Crippen LogP) is -0.386. The summed E-state index contributed by atoms with van der Waals surface area (Å²) in [7, 11) is -2.28. The largest absolute Gasteiger partial charge is 0.409 e. The minimum Gasteiger partial charge on any atom is -0.409 e. The van der Waals surface area contributed by atoms with Crippen molar-refractivity contribution < 1.29 is 13.6 Å². The van der Waals surface area contributed by atoms with E-state index in [1.165, 1.54) is 30.9 Å². The van der Waals surface area contributed by atoms with E-state index in [4.69, 9.17) is 10.9 Å². The molecule has 0 spiro atoms. The summed E-state index contributed by atoms with van der Waals surface area (Å²) in [6, 6.07) is 1.37. The molecular formula is C9H17N5O3S. The molecule has 8 nitrogen and oxygen atoms in total. The molecule has 1 aromatic heterocycles. The Morgan fingerprint density at radius 3 is 2.72 bits per heavy atom. The van der Waals surface area contributed by atoms with Crippen LogP contribution in [-0.2, 0) is 17.1 Å². The van der Waals surface area contributed by atoms with E-state index in [1.54, 1.807) is 6.92 Å². The molecule has 0 saturated carbocycles. The molecule has 9 heteroatoms. The second-order valence-electron chi connectivity index (χ2n) is 4.07. The molecule has 18 heavy (non-hydrogen) atoms. The van der Waals surface area contributed by atoms with Gasteiger partial charge < -0.3 is 10.9 Å². The summed E-state index contributed by atoms with van der Waals surface area (Å²) in [5.74, 6) is -0.198. The number of nitrogens with two attached hydrogens (primary N) is 1. The number of hydrogen-bond donors (Lipinski definition) is 3. The highest BCUT2D eigenvalue weighted by atomic mass is 32.2. The number of sulfonamides is 1. The molecule has 0 aliphatic heterocycles. The lowest BCUT2D eigenvalue weighted by molar-refractivity contribution is 0.310. The van der Waals surface area contributed by atoms with Crippen molar-refractivity contribution in [2.24, 2.45) is 17.9 Å². The Morgan fingerprint density at radius 2 is 2.33 bits per heavy atom. The van der Waals surface area contributed by atoms with Crippen molar-refractivity contribution >= 4 is 15.9 Å². The van der Waals surface area contributed by atoms with E-state index >= 15 is 0 Å². The molecule has 1 heterocycles. The fourth-order valence-electron chi connectivity index (χ4n) is 1.39. The summed E-state index contributed by atoms with van der Waals surface area (Å²) < 4.78 is 27.9. The van der Waals surface area contributed by atoms with Gasteiger partial charge in [0, 0.05) is 7.05 Å². The van der Waals surface area contributed by atoms with Gasteiger partial charge >= 0.3 is 0 Å². The minimum absolute atomic E-state index is 0.00733. The number of aromatic nitrogens is 2. The molecule has 0 amide bonds. The van der Waals surface area contributed by atoms with Crippen LogP contribution < -0.4 is 10.5 Å². The second kappa shape index (κ2) is 4.94. The first-order chi connectivity index (χ1) is 8.27. The SMILES string of the molecule is CCC(C)(NS(=O)(=O)c1ccnn1C)C(N)=NO. The van der Waals surface area contributed by atoms with Crippen molar-refractivity contribution in [3.8, 4) is 0 Å². The predicted molar refractivity (Wildman–Crippen MR) is 65.6 cm³/mol. The lowest BCUT2D eigenvalue weighted by Gasteiger charge is -2.27. The molecule has 1 unspecified atom stereocenters. The number of amidine groups is 1. The van der Waals surface area contributed by atoms with E-state index < -0.39 is 15.6 Å². The molecule has 0 aliphatic carbocycles. The molecule has 1 rings (SSSR count). The van der Waals surface area contributed by atoms with Gasteiger partial charge in [-0.1, -0.05) is 12.1 Å². The first-order valence-corrected chi connectivity index (χ1v) is 6.75. The fraction of sp³-hybridized carbons (Fsp3) is 0.556. The molecule has 0 saturated heterocycles. The smallest absolute Gasteiger partial charge is 0.258 e. The van der Waals surface area contributed by atoms with Crippen LogP contribution in [0.1, 0.15) is 20.3 Å². The number of aryl methyl sites for hydroxylation is 1. The van der Waals surface area contributed by atoms with Crippen LogP contribution in [0.15, 0.2) is 22.4 Å². The van der Waals surface area contributed by atoms with Crippen molar-refractivity contribution in [2.75, 3.05) is 0 Å². The number of nitrogens with one attached hydrogen (secondary N) is 1. The molecule has 0 bridgehead atoms. The van der Waals surface area contributed by atoms with E-state index in [2.05, 4.69) is 15.0 Å². The maximum Gasteiger partial charge on any atom is 0.258 e. The van der Waals surface area contributed by atoms with Crippen LogP contribution in [0.5, 0.6) is 0 Å². The van der Waals surface area contributed by atoms with Gasteiger partial charge in [-0.15, -0.1) is 0 Å². The van der Waals surface area contributed by atoms with Gasteiger partial charge in [-0.2, -0.15) is 9.82 Å². The number of oxime groups is 1. The van der Waals surface area contributed by atoms with Gasteiger partial charge in [-0.3, -0.25) is 4.68 Å². The van der Waals surface area contributed by atoms with Crippen molar-refractivity contribution in [1.29, 1.82) is 0 Å². The van der Waals surface area contributed by atoms with Gasteiger partial charge in [0.05, 0.1) is 11.7 Å². The van der Waals surface area contributed by atoms with Gasteiger partial charge in [0.15, 0.2) is 10.9 Å². The Bertz CT molecular complexity index is 550. The third-order valence-electron chi connectivity index (χ3n) is 2.79. The zero-order valence-electron chi connectivity index (χ0n) is 10.5. The van der Waals surface area contributed by atoms with Gasteiger partial charge in [-0.05, 0) is 19.4 Å². The Kier molecular flexibility index (Phi) is 3.97. The lowest BCUT2D eigenvalue weighted by Crippen LogP contribution is -2.55. The van der Waals surface area contributed by atoms with Gasteiger partial charge in [-0.25, -0.2) is 8.42 Å². The monoisotopic (exact) mass is 275 g/mol. The molecule has 1 atom stereocenters. The summed E-state index contributed by atoms with van der Waals surface area (Å²) in [4.78, 5) is 0. The van der Waals surface area contributed by atoms with Crippen LogP contribution in [-0.4, -0.2) is 34.8 Å². The van der Waals surface area contributed by atoms with E-state index in [0.717, 1.165) is 0 Å². The fourth-order valence-corrected chi connectivity index (χ4v) is 2.97. The first kappa shape index (κ1) is 14.5. The Morgan fingerprint density at radius 1 is 1.72 bits per heavy atom. The Balaban J connectivity index is 3.14. The average molecular weight is 275 g/mol. The summed E-state index contributed by atoms with van der Waals surface area (Å²) >= 11 is 0. The number of rotatable bonds is 5. The molecule has 1 aromatic rings. The highest BCUT2D eigenvalue weighted by Gasteiger charge is 2.34. The topological polar surface area (TPSA) is 123 Å². The summed E-state index contributed by atoms with van der Waals surface area (Å²) in [5.41, 5.74) is 4.36. The van der Waals surface area contributed by atoms with E-state index in [-0.39, 0.29) is 10.9 Å². The minimum atomic E-state index is -3.79. The van der Waals surface area contributed by atoms with E-state index in [0.29, 0.717) is 6.42 Å². The molecule has 102 valence electrons. The quantitative estimate of drug-likeness (QED) is 0.292. The first-order valence-electron chi connectivity index (χ1n) is 5.27. The van der Waals surface area contributed by atoms with Gasteiger partial charge in [0.25, 0.3) is 10.0 Å². The summed E-state index contributed by atoms with van der Waals surface area (Å²) in [6.45, 7) is 3.26. The molecule has 4 N–H and O–H groups in total. The second-order valence-corrected chi connectivity index (χ2v) is 5.70. The summed E-state index contributed by atoms with van der Waals surface area (Å²) in [5, 5.41) is 15.4. The third-order valence-corrected chi connectivity index (χ3v) is 4.46. The number of nitrogens with zero attached hydrogens (tertiary/aromatic N) is 3. The highest BCUT2D eigenvalue weighted by Crippen LogP contribution is 2.15. The Hall–Kier alpha value is -1.61. The lowest BCUT2D eigenvalue weighted by atomic mass is 10.00. The average Bonchev–Trinajstić information content (AvgIpc) is 2.74. The van der Waals surface area contributed by atoms with Crippen LogP contribution in [0.4, 0.5) is 0 Å². The maximum absolute atomic E-state index is 12.1. The van der Waals surface area contributed by atoms with Crippen molar-refractivity contribution in [2.45, 2.75) is 30.8 Å². The summed E-state index contributed by atoms with van der Waals surface area (Å²) in [6.07, 6.45) is 1.71. The van der Waals surface area contributed by atoms with Crippen LogP contribution in [0.3, 0.4) is 0 Å². The van der Waals surface area contributed by atoms with Crippen LogP contribution in [0.25, 0.3) is 0 Å². The van der Waals surface area contributed by atoms with Gasteiger partial charge in [0.1, 0.15) is 0 Å².